The third-order valence-electron chi connectivity index (χ3n) is 5.02. The molecule has 39 heavy (non-hydrogen) atoms. The zero-order valence-corrected chi connectivity index (χ0v) is 23.0. The molecule has 2 amide bonds. The lowest BCUT2D eigenvalue weighted by atomic mass is 10.1. The molecule has 0 aliphatic heterocycles. The van der Waals surface area contributed by atoms with E-state index in [1.54, 1.807) is 24.3 Å². The predicted molar refractivity (Wildman–Crippen MR) is 150 cm³/mol. The molecule has 3 N–H and O–H groups in total. The molecule has 0 unspecified atom stereocenters. The van der Waals surface area contributed by atoms with Gasteiger partial charge >= 0.3 is 12.3 Å². The van der Waals surface area contributed by atoms with Crippen LogP contribution < -0.4 is 15.4 Å². The number of amides is 2. The highest BCUT2D eigenvalue weighted by Gasteiger charge is 2.31. The van der Waals surface area contributed by atoms with Gasteiger partial charge in [0.25, 0.3) is 11.8 Å². The van der Waals surface area contributed by atoms with Gasteiger partial charge in [-0.1, -0.05) is 42.5 Å². The van der Waals surface area contributed by atoms with Gasteiger partial charge in [0.15, 0.2) is 0 Å². The van der Waals surface area contributed by atoms with Crippen molar-refractivity contribution < 1.29 is 37.4 Å². The number of benzene rings is 3. The molecule has 1 atom stereocenters. The molecule has 0 fully saturated rings. The highest BCUT2D eigenvalue weighted by molar-refractivity contribution is 14.1. The van der Waals surface area contributed by atoms with Crippen LogP contribution in [0.4, 0.5) is 13.2 Å². The van der Waals surface area contributed by atoms with Crippen LogP contribution >= 0.6 is 34.4 Å². The molecule has 0 aliphatic rings. The van der Waals surface area contributed by atoms with Crippen molar-refractivity contribution in [2.45, 2.75) is 18.2 Å². The minimum atomic E-state index is -4.87. The monoisotopic (exact) mass is 670 g/mol. The van der Waals surface area contributed by atoms with Crippen LogP contribution in [0, 0.1) is 3.57 Å². The van der Waals surface area contributed by atoms with Crippen molar-refractivity contribution in [1.29, 1.82) is 0 Å². The maximum Gasteiger partial charge on any atom is 0.573 e. The number of thioether (sulfide) groups is 1. The highest BCUT2D eigenvalue weighted by Crippen LogP contribution is 2.23. The topological polar surface area (TPSA) is 105 Å². The number of hydrogen-bond acceptors (Lipinski definition) is 5. The third-order valence-corrected chi connectivity index (χ3v) is 6.85. The Kier molecular flexibility index (Phi) is 10.8. The fourth-order valence-electron chi connectivity index (χ4n) is 3.17. The van der Waals surface area contributed by atoms with Crippen LogP contribution in [-0.4, -0.2) is 41.0 Å². The van der Waals surface area contributed by atoms with Crippen LogP contribution in [-0.2, 0) is 15.3 Å². The zero-order chi connectivity index (χ0) is 28.4. The normalized spacial score (nSPS) is 12.4. The van der Waals surface area contributed by atoms with Gasteiger partial charge in [0.2, 0.25) is 0 Å². The Hall–Kier alpha value is -3.52. The van der Waals surface area contributed by atoms with Crippen molar-refractivity contribution >= 4 is 58.2 Å². The molecule has 0 aliphatic carbocycles. The Morgan fingerprint density at radius 3 is 2.21 bits per heavy atom. The van der Waals surface area contributed by atoms with Crippen molar-refractivity contribution in [3.05, 3.63) is 105 Å². The molecule has 12 heteroatoms. The Bertz CT molecular complexity index is 1320. The summed E-state index contributed by atoms with van der Waals surface area (Å²) in [6.07, 6.45) is -3.64. The number of carbonyl (C=O) groups is 3. The first kappa shape index (κ1) is 30.0. The molecule has 3 rings (SSSR count). The van der Waals surface area contributed by atoms with Crippen molar-refractivity contribution in [3.8, 4) is 5.75 Å². The van der Waals surface area contributed by atoms with E-state index in [2.05, 4.69) is 38.0 Å². The molecule has 0 aromatic heterocycles. The molecule has 3 aromatic rings. The van der Waals surface area contributed by atoms with Gasteiger partial charge < -0.3 is 20.5 Å². The lowest BCUT2D eigenvalue weighted by Crippen LogP contribution is -2.45. The highest BCUT2D eigenvalue weighted by atomic mass is 127. The molecular formula is C27H22F3IN2O5S. The Morgan fingerprint density at radius 2 is 1.62 bits per heavy atom. The van der Waals surface area contributed by atoms with Crippen LogP contribution in [0.3, 0.4) is 0 Å². The molecule has 204 valence electrons. The van der Waals surface area contributed by atoms with E-state index in [0.29, 0.717) is 5.75 Å². The number of alkyl halides is 3. The first-order chi connectivity index (χ1) is 18.5. The van der Waals surface area contributed by atoms with E-state index in [-0.39, 0.29) is 22.6 Å². The number of halogens is 4. The molecule has 0 radical (unpaired) electrons. The van der Waals surface area contributed by atoms with E-state index in [0.717, 1.165) is 21.3 Å². The maximum absolute atomic E-state index is 13.1. The maximum atomic E-state index is 13.1. The SMILES string of the molecule is O=C(N[C@@H](CSCc1ccccc1)C(=O)O)/C(=C/c1ccc(OC(F)(F)F)cc1)NC(=O)c1ccc(I)cc1. The van der Waals surface area contributed by atoms with Gasteiger partial charge in [-0.05, 0) is 76.2 Å². The summed E-state index contributed by atoms with van der Waals surface area (Å²) < 4.78 is 42.2. The standard InChI is InChI=1S/C27H22F3IN2O5S/c28-27(29,30)38-21-12-6-17(7-13-21)14-22(32-24(34)19-8-10-20(31)11-9-19)25(35)33-23(26(36)37)16-39-15-18-4-2-1-3-5-18/h1-14,23H,15-16H2,(H,32,34)(H,33,35)(H,36,37)/b22-14-/t23-/m0/s1. The van der Waals surface area contributed by atoms with Gasteiger partial charge in [-0.3, -0.25) is 9.59 Å². The smallest absolute Gasteiger partial charge is 0.480 e. The fraction of sp³-hybridized carbons (Fsp3) is 0.148. The number of carboxylic acid groups (broad SMARTS) is 1. The summed E-state index contributed by atoms with van der Waals surface area (Å²) in [5.41, 5.74) is 1.21. The largest absolute Gasteiger partial charge is 0.573 e. The van der Waals surface area contributed by atoms with Gasteiger partial charge in [-0.15, -0.1) is 13.2 Å². The van der Waals surface area contributed by atoms with Gasteiger partial charge in [0.05, 0.1) is 0 Å². The summed E-state index contributed by atoms with van der Waals surface area (Å²) in [5, 5.41) is 14.6. The van der Waals surface area contributed by atoms with Crippen molar-refractivity contribution in [3.63, 3.8) is 0 Å². The molecule has 0 bridgehead atoms. The van der Waals surface area contributed by atoms with Crippen LogP contribution in [0.5, 0.6) is 5.75 Å². The van der Waals surface area contributed by atoms with E-state index in [1.165, 1.54) is 30.0 Å². The second-order valence-corrected chi connectivity index (χ2v) is 10.3. The van der Waals surface area contributed by atoms with Gasteiger partial charge in [0.1, 0.15) is 17.5 Å². The van der Waals surface area contributed by atoms with Gasteiger partial charge in [0, 0.05) is 20.6 Å². The molecule has 0 heterocycles. The molecule has 7 nitrogen and oxygen atoms in total. The van der Waals surface area contributed by atoms with Crippen LogP contribution in [0.2, 0.25) is 0 Å². The van der Waals surface area contributed by atoms with Gasteiger partial charge in [-0.25, -0.2) is 4.79 Å². The number of ether oxygens (including phenoxy) is 1. The lowest BCUT2D eigenvalue weighted by Gasteiger charge is -2.17. The van der Waals surface area contributed by atoms with Crippen molar-refractivity contribution in [2.75, 3.05) is 5.75 Å². The van der Waals surface area contributed by atoms with E-state index in [9.17, 15) is 32.7 Å². The summed E-state index contributed by atoms with van der Waals surface area (Å²) in [6, 6.07) is 19.2. The van der Waals surface area contributed by atoms with Crippen LogP contribution in [0.25, 0.3) is 6.08 Å². The second-order valence-electron chi connectivity index (χ2n) is 8.00. The average Bonchev–Trinajstić information content (AvgIpc) is 2.88. The molecule has 0 spiro atoms. The van der Waals surface area contributed by atoms with Crippen LogP contribution in [0.1, 0.15) is 21.5 Å². The Balaban J connectivity index is 1.79. The van der Waals surface area contributed by atoms with E-state index < -0.39 is 35.9 Å². The third kappa shape index (κ3) is 10.3. The zero-order valence-electron chi connectivity index (χ0n) is 20.1. The van der Waals surface area contributed by atoms with Gasteiger partial charge in [-0.2, -0.15) is 11.8 Å². The number of nitrogens with one attached hydrogen (secondary N) is 2. The lowest BCUT2D eigenvalue weighted by molar-refractivity contribution is -0.274. The number of rotatable bonds is 11. The Labute approximate surface area is 240 Å². The first-order valence-electron chi connectivity index (χ1n) is 11.3. The summed E-state index contributed by atoms with van der Waals surface area (Å²) in [6.45, 7) is 0. The average molecular weight is 670 g/mol. The first-order valence-corrected chi connectivity index (χ1v) is 13.5. The number of carboxylic acids is 1. The molecule has 0 saturated heterocycles. The van der Waals surface area contributed by atoms with E-state index in [1.807, 2.05) is 30.3 Å². The van der Waals surface area contributed by atoms with E-state index >= 15 is 0 Å². The summed E-state index contributed by atoms with van der Waals surface area (Å²) >= 11 is 3.38. The molecular weight excluding hydrogens is 648 g/mol. The van der Waals surface area contributed by atoms with Crippen LogP contribution in [0.15, 0.2) is 84.6 Å². The van der Waals surface area contributed by atoms with Crippen molar-refractivity contribution in [1.82, 2.24) is 10.6 Å². The quantitative estimate of drug-likeness (QED) is 0.185. The Morgan fingerprint density at radius 1 is 0.974 bits per heavy atom. The summed E-state index contributed by atoms with van der Waals surface area (Å²) in [4.78, 5) is 37.8. The summed E-state index contributed by atoms with van der Waals surface area (Å²) in [5.74, 6) is -2.65. The predicted octanol–water partition coefficient (Wildman–Crippen LogP) is 5.46. The number of carbonyl (C=O) groups excluding carboxylic acids is 2. The molecule has 3 aromatic carbocycles. The van der Waals surface area contributed by atoms with E-state index in [4.69, 9.17) is 0 Å². The number of aliphatic carboxylic acids is 1. The summed E-state index contributed by atoms with van der Waals surface area (Å²) in [7, 11) is 0. The minimum absolute atomic E-state index is 0.0534. The number of hydrogen-bond donors (Lipinski definition) is 3. The van der Waals surface area contributed by atoms with Crippen molar-refractivity contribution in [2.24, 2.45) is 0 Å². The minimum Gasteiger partial charge on any atom is -0.480 e. The molecule has 0 saturated carbocycles. The fourth-order valence-corrected chi connectivity index (χ4v) is 4.53. The second kappa shape index (κ2) is 14.0.